The van der Waals surface area contributed by atoms with Crippen molar-refractivity contribution in [2.75, 3.05) is 6.61 Å². The molecule has 0 radical (unpaired) electrons. The average Bonchev–Trinajstić information content (AvgIpc) is 2.30. The van der Waals surface area contributed by atoms with E-state index < -0.39 is 11.3 Å². The van der Waals surface area contributed by atoms with Gasteiger partial charge in [0.1, 0.15) is 0 Å². The molecule has 1 rings (SSSR count). The third-order valence-electron chi connectivity index (χ3n) is 1.11. The summed E-state index contributed by atoms with van der Waals surface area (Å²) in [5.41, 5.74) is 9.23. The molecule has 5 N–H and O–H groups in total. The molecule has 8 heteroatoms. The second-order valence-electron chi connectivity index (χ2n) is 2.60. The van der Waals surface area contributed by atoms with Crippen LogP contribution in [0.1, 0.15) is 6.92 Å². The highest BCUT2D eigenvalue weighted by Crippen LogP contribution is 1.83. The zero-order chi connectivity index (χ0) is 15.1. The quantitative estimate of drug-likeness (QED) is 0.533. The summed E-state index contributed by atoms with van der Waals surface area (Å²) in [7, 11) is 0. The van der Waals surface area contributed by atoms with Crippen molar-refractivity contribution in [1.82, 2.24) is 0 Å². The molecule has 0 saturated heterocycles. The summed E-state index contributed by atoms with van der Waals surface area (Å²) < 4.78 is 8.46. The molecule has 0 aliphatic rings. The number of benzene rings is 1. The maximum atomic E-state index is 10.2. The van der Waals surface area contributed by atoms with Crippen molar-refractivity contribution in [1.29, 1.82) is 0 Å². The first-order chi connectivity index (χ1) is 8.90. The Morgan fingerprint density at radius 1 is 1.11 bits per heavy atom. The van der Waals surface area contributed by atoms with E-state index in [1.807, 2.05) is 36.4 Å². The molecule has 0 heterocycles. The van der Waals surface area contributed by atoms with Gasteiger partial charge in [-0.3, -0.25) is 0 Å². The fourth-order valence-corrected chi connectivity index (χ4v) is 0.682. The van der Waals surface area contributed by atoms with Gasteiger partial charge in [-0.1, -0.05) is 36.4 Å². The van der Waals surface area contributed by atoms with Crippen molar-refractivity contribution >= 4 is 40.9 Å². The summed E-state index contributed by atoms with van der Waals surface area (Å²) in [6.45, 7) is 1.91. The highest BCUT2D eigenvalue weighted by molar-refractivity contribution is 7.80. The lowest BCUT2D eigenvalue weighted by atomic mass is 10.4. The molecule has 0 aliphatic heterocycles. The van der Waals surface area contributed by atoms with E-state index in [-0.39, 0.29) is 11.8 Å². The molecule has 0 aliphatic carbocycles. The highest BCUT2D eigenvalue weighted by atomic mass is 32.1. The van der Waals surface area contributed by atoms with Crippen LogP contribution in [0.4, 0.5) is 4.79 Å². The van der Waals surface area contributed by atoms with E-state index in [1.54, 1.807) is 6.92 Å². The lowest BCUT2D eigenvalue weighted by Gasteiger charge is -1.98. The van der Waals surface area contributed by atoms with Gasteiger partial charge in [0, 0.05) is 0 Å². The Morgan fingerprint density at radius 3 is 1.63 bits per heavy atom. The molecule has 1 aromatic rings. The third kappa shape index (κ3) is 26.0. The van der Waals surface area contributed by atoms with E-state index >= 15 is 0 Å². The molecular formula is C11H16N2O4S2. The predicted molar refractivity (Wildman–Crippen MR) is 80.7 cm³/mol. The molecule has 0 unspecified atom stereocenters. The van der Waals surface area contributed by atoms with E-state index in [0.717, 1.165) is 0 Å². The Morgan fingerprint density at radius 2 is 1.42 bits per heavy atom. The lowest BCUT2D eigenvalue weighted by molar-refractivity contribution is 0.101. The van der Waals surface area contributed by atoms with Crippen LogP contribution in [0.2, 0.25) is 0 Å². The van der Waals surface area contributed by atoms with Crippen LogP contribution in [0.3, 0.4) is 0 Å². The van der Waals surface area contributed by atoms with Gasteiger partial charge in [-0.25, -0.2) is 4.79 Å². The van der Waals surface area contributed by atoms with Crippen molar-refractivity contribution in [3.05, 3.63) is 36.4 Å². The molecule has 0 aromatic heterocycles. The van der Waals surface area contributed by atoms with Crippen LogP contribution >= 0.6 is 24.4 Å². The number of thiocarbonyl (C=S) groups is 2. The fourth-order valence-electron chi connectivity index (χ4n) is 0.614. The summed E-state index contributed by atoms with van der Waals surface area (Å²) in [5, 5.41) is 6.74. The number of hydrogen-bond donors (Lipinski definition) is 3. The van der Waals surface area contributed by atoms with Crippen LogP contribution in [-0.4, -0.2) is 28.2 Å². The monoisotopic (exact) mass is 304 g/mol. The van der Waals surface area contributed by atoms with Gasteiger partial charge < -0.3 is 26.0 Å². The molecule has 0 bridgehead atoms. The highest BCUT2D eigenvalue weighted by Gasteiger charge is 2.01. The van der Waals surface area contributed by atoms with Crippen LogP contribution in [0, 0.1) is 0 Å². The molecule has 19 heavy (non-hydrogen) atoms. The fraction of sp³-hybridized carbons (Fsp3) is 0.182. The van der Waals surface area contributed by atoms with E-state index in [4.69, 9.17) is 10.8 Å². The molecule has 0 atom stereocenters. The maximum absolute atomic E-state index is 10.2. The SMILES string of the molecule is CCOC(=O)OC(N)=S.NC(O)=S.c1ccccc1. The molecule has 106 valence electrons. The molecule has 0 spiro atoms. The number of ether oxygens (including phenoxy) is 2. The smallest absolute Gasteiger partial charge is 0.487 e. The maximum Gasteiger partial charge on any atom is 0.515 e. The molecule has 0 fully saturated rings. The van der Waals surface area contributed by atoms with Crippen LogP contribution in [0.15, 0.2) is 36.4 Å². The summed E-state index contributed by atoms with van der Waals surface area (Å²) >= 11 is 8.11. The Labute approximate surface area is 122 Å². The predicted octanol–water partition coefficient (Wildman–Crippen LogP) is 1.88. The van der Waals surface area contributed by atoms with Crippen LogP contribution in [-0.2, 0) is 9.47 Å². The van der Waals surface area contributed by atoms with Crippen molar-refractivity contribution < 1.29 is 19.4 Å². The first-order valence-electron chi connectivity index (χ1n) is 5.02. The largest absolute Gasteiger partial charge is 0.515 e. The van der Waals surface area contributed by atoms with Crippen molar-refractivity contribution in [3.63, 3.8) is 0 Å². The number of aliphatic hydroxyl groups is 1. The minimum atomic E-state index is -0.856. The number of hydrogen-bond acceptors (Lipinski definition) is 5. The number of carbonyl (C=O) groups excluding carboxylic acids is 1. The van der Waals surface area contributed by atoms with E-state index in [2.05, 4.69) is 39.6 Å². The Bertz CT molecular complexity index is 344. The Balaban J connectivity index is 0. The molecule has 1 aromatic carbocycles. The standard InChI is InChI=1S/C6H6.C4H7NO3S.CH3NOS/c1-2-4-6-5-3-1;1-2-7-4(6)8-3(5)9;2-1(3)4/h1-6H;2H2,1H3,(H2,5,9);(H3,2,3,4). The van der Waals surface area contributed by atoms with Crippen LogP contribution in [0.25, 0.3) is 0 Å². The van der Waals surface area contributed by atoms with Gasteiger partial charge in [0.25, 0.3) is 10.3 Å². The zero-order valence-corrected chi connectivity index (χ0v) is 11.9. The topological polar surface area (TPSA) is 108 Å². The van der Waals surface area contributed by atoms with Crippen molar-refractivity contribution in [2.45, 2.75) is 6.92 Å². The first kappa shape index (κ1) is 19.4. The minimum Gasteiger partial charge on any atom is -0.487 e. The van der Waals surface area contributed by atoms with Crippen molar-refractivity contribution in [2.24, 2.45) is 11.5 Å². The van der Waals surface area contributed by atoms with Crippen LogP contribution < -0.4 is 11.5 Å². The van der Waals surface area contributed by atoms with Crippen molar-refractivity contribution in [3.8, 4) is 0 Å². The Kier molecular flexibility index (Phi) is 14.4. The minimum absolute atomic E-state index is 0.251. The second-order valence-corrected chi connectivity index (χ2v) is 3.42. The van der Waals surface area contributed by atoms with Gasteiger partial charge in [0.2, 0.25) is 0 Å². The van der Waals surface area contributed by atoms with Gasteiger partial charge in [0.05, 0.1) is 6.61 Å². The van der Waals surface area contributed by atoms with Gasteiger partial charge >= 0.3 is 6.16 Å². The molecule has 6 nitrogen and oxygen atoms in total. The number of carbonyl (C=O) groups is 1. The summed E-state index contributed by atoms with van der Waals surface area (Å²) in [6, 6.07) is 12.0. The zero-order valence-electron chi connectivity index (χ0n) is 10.3. The average molecular weight is 304 g/mol. The van der Waals surface area contributed by atoms with E-state index in [1.165, 1.54) is 0 Å². The van der Waals surface area contributed by atoms with E-state index in [0.29, 0.717) is 0 Å². The van der Waals surface area contributed by atoms with E-state index in [9.17, 15) is 4.79 Å². The van der Waals surface area contributed by atoms with Crippen LogP contribution in [0.5, 0.6) is 0 Å². The second kappa shape index (κ2) is 14.1. The lowest BCUT2D eigenvalue weighted by Crippen LogP contribution is -2.18. The molecular weight excluding hydrogens is 288 g/mol. The molecule has 0 amide bonds. The van der Waals surface area contributed by atoms with Gasteiger partial charge in [-0.15, -0.1) is 0 Å². The van der Waals surface area contributed by atoms with Gasteiger partial charge in [0.15, 0.2) is 0 Å². The Hall–Kier alpha value is -1.93. The number of rotatable bonds is 1. The first-order valence-corrected chi connectivity index (χ1v) is 5.84. The summed E-state index contributed by atoms with van der Waals surface area (Å²) in [6.07, 6.45) is -0.856. The summed E-state index contributed by atoms with van der Waals surface area (Å²) in [4.78, 5) is 10.2. The summed E-state index contributed by atoms with van der Waals surface area (Å²) in [5.74, 6) is 0. The van der Waals surface area contributed by atoms with Gasteiger partial charge in [-0.2, -0.15) is 0 Å². The third-order valence-corrected chi connectivity index (χ3v) is 1.20. The normalized spacial score (nSPS) is 7.63. The van der Waals surface area contributed by atoms with Gasteiger partial charge in [-0.05, 0) is 31.4 Å². The number of aliphatic hydroxyl groups excluding tert-OH is 1. The number of nitrogens with two attached hydrogens (primary N) is 2. The molecule has 0 saturated carbocycles.